The molecule has 0 amide bonds. The van der Waals surface area contributed by atoms with Crippen molar-refractivity contribution in [2.45, 2.75) is 83.8 Å². The van der Waals surface area contributed by atoms with E-state index in [-0.39, 0.29) is 0 Å². The van der Waals surface area contributed by atoms with Crippen LogP contribution in [0.1, 0.15) is 89.2 Å². The smallest absolute Gasteiger partial charge is 0.191 e. The number of hydrogen-bond donors (Lipinski definition) is 0. The van der Waals surface area contributed by atoms with E-state index in [1.165, 1.54) is 68.1 Å². The van der Waals surface area contributed by atoms with Gasteiger partial charge in [-0.25, -0.2) is 0 Å². The molecule has 1 aliphatic heterocycles. The van der Waals surface area contributed by atoms with Crippen LogP contribution in [0, 0.1) is 11.8 Å². The monoisotopic (exact) mass is 420 g/mol. The van der Waals surface area contributed by atoms with Crippen LogP contribution < -0.4 is 0 Å². The third-order valence-electron chi connectivity index (χ3n) is 7.55. The van der Waals surface area contributed by atoms with E-state index in [1.807, 2.05) is 6.92 Å². The van der Waals surface area contributed by atoms with Gasteiger partial charge in [-0.05, 0) is 67.6 Å². The molecule has 1 heterocycles. The number of hydrogen-bond acceptors (Lipinski definition) is 2. The van der Waals surface area contributed by atoms with E-state index in [0.29, 0.717) is 5.92 Å². The molecule has 1 saturated heterocycles. The average molecular weight is 421 g/mol. The van der Waals surface area contributed by atoms with Crippen LogP contribution in [0.4, 0.5) is 0 Å². The lowest BCUT2D eigenvalue weighted by molar-refractivity contribution is -0.282. The Morgan fingerprint density at radius 2 is 1.23 bits per heavy atom. The van der Waals surface area contributed by atoms with E-state index in [1.54, 1.807) is 0 Å². The van der Waals surface area contributed by atoms with Gasteiger partial charge in [0.1, 0.15) is 0 Å². The lowest BCUT2D eigenvalue weighted by Gasteiger charge is -2.38. The summed E-state index contributed by atoms with van der Waals surface area (Å²) < 4.78 is 12.3. The summed E-state index contributed by atoms with van der Waals surface area (Å²) in [6, 6.07) is 18.1. The molecule has 31 heavy (non-hydrogen) atoms. The van der Waals surface area contributed by atoms with Gasteiger partial charge in [0.2, 0.25) is 0 Å². The van der Waals surface area contributed by atoms with Crippen molar-refractivity contribution in [3.63, 3.8) is 0 Å². The van der Waals surface area contributed by atoms with Crippen LogP contribution in [-0.2, 0) is 15.3 Å². The average Bonchev–Trinajstić information content (AvgIpc) is 2.82. The molecule has 0 spiro atoms. The second-order valence-electron chi connectivity index (χ2n) is 9.93. The zero-order chi connectivity index (χ0) is 21.7. The van der Waals surface area contributed by atoms with Gasteiger partial charge in [-0.3, -0.25) is 0 Å². The first-order valence-corrected chi connectivity index (χ1v) is 12.6. The predicted octanol–water partition coefficient (Wildman–Crippen LogP) is 8.06. The van der Waals surface area contributed by atoms with Crippen LogP contribution >= 0.6 is 0 Å². The largest absolute Gasteiger partial charge is 0.346 e. The highest BCUT2D eigenvalue weighted by Crippen LogP contribution is 2.38. The molecule has 2 aliphatic rings. The SMILES string of the molecule is CCC[C@H]1CC[C@H](c2ccc(-c3ccc([C@]4(C)OC[C@@H](CCC)CO4)cc3)cc2)CC1. The van der Waals surface area contributed by atoms with Crippen molar-refractivity contribution in [2.24, 2.45) is 11.8 Å². The van der Waals surface area contributed by atoms with Gasteiger partial charge in [-0.2, -0.15) is 0 Å². The molecule has 2 heteroatoms. The van der Waals surface area contributed by atoms with E-state index in [4.69, 9.17) is 9.47 Å². The second-order valence-corrected chi connectivity index (χ2v) is 9.93. The van der Waals surface area contributed by atoms with Crippen LogP contribution in [0.5, 0.6) is 0 Å². The van der Waals surface area contributed by atoms with Crippen LogP contribution in [0.3, 0.4) is 0 Å². The van der Waals surface area contributed by atoms with Gasteiger partial charge >= 0.3 is 0 Å². The molecule has 2 nitrogen and oxygen atoms in total. The van der Waals surface area contributed by atoms with Crippen LogP contribution in [0.15, 0.2) is 48.5 Å². The summed E-state index contributed by atoms with van der Waals surface area (Å²) in [5.74, 6) is 1.62. The normalized spacial score (nSPS) is 29.1. The number of ether oxygens (including phenoxy) is 2. The Morgan fingerprint density at radius 1 is 0.710 bits per heavy atom. The van der Waals surface area contributed by atoms with Gasteiger partial charge in [0.25, 0.3) is 0 Å². The molecule has 0 unspecified atom stereocenters. The standard InChI is InChI=1S/C29H40O2/c1-4-6-22-8-10-24(11-9-22)25-12-14-26(15-13-25)27-16-18-28(19-17-27)29(3)30-20-23(7-5-2)21-31-29/h12-19,22-24H,4-11,20-21H2,1-3H3/t22-,23-,24-,29-. The Hall–Kier alpha value is -1.64. The third-order valence-corrected chi connectivity index (χ3v) is 7.55. The molecule has 0 radical (unpaired) electrons. The summed E-state index contributed by atoms with van der Waals surface area (Å²) in [6.45, 7) is 8.16. The Labute approximate surface area is 189 Å². The maximum Gasteiger partial charge on any atom is 0.191 e. The molecular weight excluding hydrogens is 380 g/mol. The maximum absolute atomic E-state index is 6.15. The lowest BCUT2D eigenvalue weighted by atomic mass is 9.77. The summed E-state index contributed by atoms with van der Waals surface area (Å²) in [6.07, 6.45) is 10.6. The van der Waals surface area contributed by atoms with Crippen molar-refractivity contribution in [3.8, 4) is 11.1 Å². The molecule has 2 aromatic rings. The summed E-state index contributed by atoms with van der Waals surface area (Å²) in [5, 5.41) is 0. The van der Waals surface area contributed by atoms with Crippen LogP contribution in [0.2, 0.25) is 0 Å². The molecule has 168 valence electrons. The Morgan fingerprint density at radius 3 is 1.77 bits per heavy atom. The summed E-state index contributed by atoms with van der Waals surface area (Å²) in [5.41, 5.74) is 5.17. The molecule has 1 saturated carbocycles. The van der Waals surface area contributed by atoms with Crippen LogP contribution in [-0.4, -0.2) is 13.2 Å². The van der Waals surface area contributed by atoms with Gasteiger partial charge < -0.3 is 9.47 Å². The lowest BCUT2D eigenvalue weighted by Crippen LogP contribution is -2.39. The highest BCUT2D eigenvalue weighted by atomic mass is 16.7. The molecule has 4 rings (SSSR count). The minimum Gasteiger partial charge on any atom is -0.346 e. The van der Waals surface area contributed by atoms with E-state index in [2.05, 4.69) is 62.4 Å². The predicted molar refractivity (Wildman–Crippen MR) is 129 cm³/mol. The highest BCUT2D eigenvalue weighted by Gasteiger charge is 2.34. The molecule has 1 aliphatic carbocycles. The van der Waals surface area contributed by atoms with Crippen molar-refractivity contribution in [1.82, 2.24) is 0 Å². The van der Waals surface area contributed by atoms with E-state index in [0.717, 1.165) is 30.6 Å². The molecule has 0 aromatic heterocycles. The molecule has 0 N–H and O–H groups in total. The first kappa shape index (κ1) is 22.6. The Bertz CT molecular complexity index is 792. The molecular formula is C29H40O2. The first-order valence-electron chi connectivity index (χ1n) is 12.6. The van der Waals surface area contributed by atoms with E-state index < -0.39 is 5.79 Å². The molecule has 0 bridgehead atoms. The summed E-state index contributed by atoms with van der Waals surface area (Å²) in [4.78, 5) is 0. The van der Waals surface area contributed by atoms with E-state index >= 15 is 0 Å². The topological polar surface area (TPSA) is 18.5 Å². The molecule has 2 aromatic carbocycles. The summed E-state index contributed by atoms with van der Waals surface area (Å²) >= 11 is 0. The van der Waals surface area contributed by atoms with Crippen molar-refractivity contribution < 1.29 is 9.47 Å². The Balaban J connectivity index is 1.37. The van der Waals surface area contributed by atoms with Crippen molar-refractivity contribution in [3.05, 3.63) is 59.7 Å². The van der Waals surface area contributed by atoms with Gasteiger partial charge in [-0.15, -0.1) is 0 Å². The molecule has 0 atom stereocenters. The second kappa shape index (κ2) is 10.3. The van der Waals surface area contributed by atoms with Gasteiger partial charge in [0, 0.05) is 11.5 Å². The van der Waals surface area contributed by atoms with Crippen LogP contribution in [0.25, 0.3) is 11.1 Å². The van der Waals surface area contributed by atoms with Crippen molar-refractivity contribution >= 4 is 0 Å². The van der Waals surface area contributed by atoms with Gasteiger partial charge in [-0.1, -0.05) is 81.6 Å². The zero-order valence-corrected chi connectivity index (χ0v) is 19.7. The Kier molecular flexibility index (Phi) is 7.51. The van der Waals surface area contributed by atoms with Gasteiger partial charge in [0.05, 0.1) is 13.2 Å². The quantitative estimate of drug-likeness (QED) is 0.451. The number of benzene rings is 2. The van der Waals surface area contributed by atoms with E-state index in [9.17, 15) is 0 Å². The minimum absolute atomic E-state index is 0.526. The fourth-order valence-corrected chi connectivity index (χ4v) is 5.49. The fraction of sp³-hybridized carbons (Fsp3) is 0.586. The highest BCUT2D eigenvalue weighted by molar-refractivity contribution is 5.64. The molecule has 2 fully saturated rings. The zero-order valence-electron chi connectivity index (χ0n) is 19.7. The van der Waals surface area contributed by atoms with Crippen molar-refractivity contribution in [2.75, 3.05) is 13.2 Å². The van der Waals surface area contributed by atoms with Crippen molar-refractivity contribution in [1.29, 1.82) is 0 Å². The third kappa shape index (κ3) is 5.41. The number of rotatable bonds is 7. The van der Waals surface area contributed by atoms with Gasteiger partial charge in [0.15, 0.2) is 5.79 Å². The minimum atomic E-state index is -0.622. The first-order chi connectivity index (χ1) is 15.1. The maximum atomic E-state index is 6.15. The fourth-order valence-electron chi connectivity index (χ4n) is 5.49. The summed E-state index contributed by atoms with van der Waals surface area (Å²) in [7, 11) is 0.